The minimum absolute atomic E-state index is 0.00685. The highest BCUT2D eigenvalue weighted by atomic mass is 32.7. The lowest BCUT2D eigenvalue weighted by Crippen LogP contribution is -2.51. The standard InChI is InChI=1S/C34H45N15O20P4S2/c1-59-20-15(6-62-72(55,56)74)65-32(48-12-45-17-26(36)39-9-42-29(17)48)22(20)68-70(51,52)61-5-14-19(50)21(31(64-14)47-11-44-16-25(35)38-8-41-28(16)47)67-71(53,54)63-7-34-3-2-4-60-24(34)23(69-73(57,58)75)33(66-34)49-13-46-18-27(37)40-10-43-30(18)49/h8-15,19-24,31-33,50H,2-7H2,1H3,(H,51,52)(H,53,54)(H2,35,38,41)(H2,36,39,42)(H2,37,40,43)(H2,55,56,74)(H2,57,58,75)/t14-,15-,19?,20?,21+,22+,23+,24?,31-,32-,33-,34-/m1/s1. The van der Waals surface area contributed by atoms with Crippen molar-refractivity contribution in [2.24, 2.45) is 0 Å². The highest BCUT2D eigenvalue weighted by molar-refractivity contribution is 8.44. The minimum Gasteiger partial charge on any atom is -0.387 e. The van der Waals surface area contributed by atoms with Gasteiger partial charge in [0.1, 0.15) is 90.0 Å². The van der Waals surface area contributed by atoms with Crippen LogP contribution in [0.3, 0.4) is 0 Å². The molecule has 35 nitrogen and oxygen atoms in total. The number of nitrogens with zero attached hydrogens (tertiary/aromatic N) is 12. The molecule has 408 valence electrons. The highest BCUT2D eigenvalue weighted by Gasteiger charge is 2.61. The van der Waals surface area contributed by atoms with Crippen LogP contribution in [0.25, 0.3) is 33.5 Å². The Kier molecular flexibility index (Phi) is 15.0. The van der Waals surface area contributed by atoms with E-state index in [0.717, 1.165) is 25.3 Å². The molecule has 11 N–H and O–H groups in total. The average Bonchev–Trinajstić information content (AvgIpc) is 4.23. The molecule has 4 aliphatic rings. The first-order valence-corrected chi connectivity index (χ1v) is 30.3. The van der Waals surface area contributed by atoms with Crippen LogP contribution < -0.4 is 17.2 Å². The van der Waals surface area contributed by atoms with Crippen LogP contribution in [-0.4, -0.2) is 171 Å². The summed E-state index contributed by atoms with van der Waals surface area (Å²) in [6, 6.07) is 0. The number of thiol groups is 2. The Morgan fingerprint density at radius 1 is 0.640 bits per heavy atom. The average molecular weight is 1170 g/mol. The van der Waals surface area contributed by atoms with Gasteiger partial charge in [-0.05, 0) is 12.8 Å². The topological polar surface area (TPSA) is 480 Å². The number of aromatic nitrogens is 12. The van der Waals surface area contributed by atoms with Crippen molar-refractivity contribution in [1.82, 2.24) is 58.6 Å². The number of nitrogens with two attached hydrogens (primary N) is 3. The Hall–Kier alpha value is -3.97. The van der Waals surface area contributed by atoms with Crippen LogP contribution in [0.5, 0.6) is 0 Å². The Morgan fingerprint density at radius 2 is 1.13 bits per heavy atom. The van der Waals surface area contributed by atoms with Crippen LogP contribution >= 0.6 is 53.7 Å². The van der Waals surface area contributed by atoms with Crippen LogP contribution in [-0.2, 0) is 69.1 Å². The first-order chi connectivity index (χ1) is 35.5. The maximum Gasteiger partial charge on any atom is 0.472 e. The molecule has 0 aromatic carbocycles. The number of anilines is 3. The fraction of sp³-hybridized carbons (Fsp3) is 0.559. The number of rotatable bonds is 19. The smallest absolute Gasteiger partial charge is 0.387 e. The normalized spacial score (nSPS) is 32.3. The van der Waals surface area contributed by atoms with Gasteiger partial charge in [-0.3, -0.25) is 40.8 Å². The maximum absolute atomic E-state index is 14.2. The third kappa shape index (κ3) is 11.0. The van der Waals surface area contributed by atoms with E-state index in [1.54, 1.807) is 0 Å². The molecular weight excluding hydrogens is 1130 g/mol. The summed E-state index contributed by atoms with van der Waals surface area (Å²) in [7, 11) is -9.60. The van der Waals surface area contributed by atoms with Crippen molar-refractivity contribution in [3.63, 3.8) is 0 Å². The Bertz CT molecular complexity index is 3300. The summed E-state index contributed by atoms with van der Waals surface area (Å²) < 4.78 is 120. The number of hydrogen-bond donors (Lipinski definition) is 10. The minimum atomic E-state index is -5.43. The van der Waals surface area contributed by atoms with Crippen molar-refractivity contribution in [2.45, 2.75) is 86.0 Å². The molecule has 6 aromatic rings. The number of aliphatic hydroxyl groups is 1. The summed E-state index contributed by atoms with van der Waals surface area (Å²) in [5.41, 5.74) is 16.8. The van der Waals surface area contributed by atoms with Crippen LogP contribution in [0.1, 0.15) is 31.5 Å². The van der Waals surface area contributed by atoms with Crippen molar-refractivity contribution >= 4 is 105 Å². The van der Waals surface area contributed by atoms with Gasteiger partial charge in [-0.15, -0.1) is 0 Å². The van der Waals surface area contributed by atoms with Crippen molar-refractivity contribution in [2.75, 3.05) is 50.7 Å². The van der Waals surface area contributed by atoms with E-state index in [0.29, 0.717) is 6.42 Å². The molecule has 41 heteroatoms. The van der Waals surface area contributed by atoms with E-state index in [4.69, 9.17) is 68.0 Å². The molecule has 0 radical (unpaired) electrons. The van der Waals surface area contributed by atoms with Crippen LogP contribution in [0.15, 0.2) is 38.0 Å². The monoisotopic (exact) mass is 1170 g/mol. The number of methoxy groups -OCH3 is 1. The van der Waals surface area contributed by atoms with Gasteiger partial charge in [-0.1, -0.05) is 24.5 Å². The first-order valence-electron chi connectivity index (χ1n) is 21.8. The van der Waals surface area contributed by atoms with Crippen LogP contribution in [0, 0.1) is 0 Å². The predicted octanol–water partition coefficient (Wildman–Crippen LogP) is 0.337. The molecule has 4 aliphatic heterocycles. The van der Waals surface area contributed by atoms with Gasteiger partial charge in [-0.2, -0.15) is 0 Å². The molecule has 0 saturated carbocycles. The summed E-state index contributed by atoms with van der Waals surface area (Å²) in [5.74, 6) is -0.0893. The molecule has 4 saturated heterocycles. The predicted molar refractivity (Wildman–Crippen MR) is 255 cm³/mol. The SMILES string of the molecule is COC1[C@@H](COP(=O)(O)S)O[C@@H](n2cnc3c(N)ncnc32)[C@H]1OP(=O)(O)OC[C@H]1O[C@@H](n2cnc3c(N)ncnc32)[C@@H](OP(=O)(O)OC[C@]23CCCOC2[C@H](OP(=O)(O)S)[C@H](n2cnc4c(N)ncnc42)O3)C1O. The van der Waals surface area contributed by atoms with E-state index in [-0.39, 0.29) is 64.0 Å². The fourth-order valence-electron chi connectivity index (χ4n) is 9.25. The van der Waals surface area contributed by atoms with Gasteiger partial charge in [-0.25, -0.2) is 63.1 Å². The Labute approximate surface area is 430 Å². The number of hydrogen-bond acceptors (Lipinski definition) is 28. The van der Waals surface area contributed by atoms with Gasteiger partial charge in [0.05, 0.1) is 38.8 Å². The van der Waals surface area contributed by atoms with E-state index in [1.807, 2.05) is 0 Å². The molecule has 75 heavy (non-hydrogen) atoms. The Balaban J connectivity index is 0.900. The Morgan fingerprint density at radius 3 is 1.67 bits per heavy atom. The van der Waals surface area contributed by atoms with Crippen molar-refractivity contribution in [1.29, 1.82) is 0 Å². The second-order valence-corrected chi connectivity index (χ2v) is 25.3. The molecule has 0 bridgehead atoms. The van der Waals surface area contributed by atoms with Crippen LogP contribution in [0.2, 0.25) is 0 Å². The summed E-state index contributed by atoms with van der Waals surface area (Å²) in [6.45, 7) is -11.3. The van der Waals surface area contributed by atoms with Gasteiger partial charge in [0.2, 0.25) is 0 Å². The zero-order chi connectivity index (χ0) is 53.4. The lowest BCUT2D eigenvalue weighted by atomic mass is 9.89. The van der Waals surface area contributed by atoms with E-state index >= 15 is 0 Å². The largest absolute Gasteiger partial charge is 0.472 e. The van der Waals surface area contributed by atoms with Gasteiger partial charge in [0.15, 0.2) is 53.1 Å². The highest BCUT2D eigenvalue weighted by Crippen LogP contribution is 2.58. The third-order valence-electron chi connectivity index (χ3n) is 12.4. The number of ether oxygens (including phenoxy) is 5. The zero-order valence-electron chi connectivity index (χ0n) is 38.2. The molecule has 10 heterocycles. The van der Waals surface area contributed by atoms with Gasteiger partial charge in [0.25, 0.3) is 0 Å². The van der Waals surface area contributed by atoms with Crippen molar-refractivity contribution < 1.29 is 93.8 Å². The van der Waals surface area contributed by atoms with Crippen molar-refractivity contribution in [3.05, 3.63) is 38.0 Å². The van der Waals surface area contributed by atoms with E-state index in [9.17, 15) is 42.9 Å². The second-order valence-electron chi connectivity index (χ2n) is 17.0. The van der Waals surface area contributed by atoms with Gasteiger partial charge < -0.3 is 65.6 Å². The quantitative estimate of drug-likeness (QED) is 0.0386. The fourth-order valence-corrected chi connectivity index (χ4v) is 12.6. The summed E-state index contributed by atoms with van der Waals surface area (Å²) in [6.07, 6.45) is -9.59. The lowest BCUT2D eigenvalue weighted by molar-refractivity contribution is -0.165. The number of nitrogen functional groups attached to an aromatic ring is 3. The molecule has 7 unspecified atom stereocenters. The molecule has 0 amide bonds. The van der Waals surface area contributed by atoms with E-state index < -0.39 is 122 Å². The van der Waals surface area contributed by atoms with Gasteiger partial charge >= 0.3 is 29.2 Å². The molecule has 16 atom stereocenters. The van der Waals surface area contributed by atoms with E-state index in [2.05, 4.69) is 69.4 Å². The number of aliphatic hydroxyl groups excluding tert-OH is 1. The number of fused-ring (bicyclic) bond motifs is 4. The second kappa shape index (κ2) is 20.7. The zero-order valence-corrected chi connectivity index (χ0v) is 43.6. The summed E-state index contributed by atoms with van der Waals surface area (Å²) in [5, 5.41) is 11.9. The maximum atomic E-state index is 14.2. The number of phosphoric ester groups is 2. The number of imidazole rings is 3. The number of phosphoric acid groups is 2. The molecule has 10 rings (SSSR count). The van der Waals surface area contributed by atoms with E-state index in [1.165, 1.54) is 33.5 Å². The molecule has 4 fully saturated rings. The van der Waals surface area contributed by atoms with Crippen LogP contribution in [0.4, 0.5) is 17.5 Å². The summed E-state index contributed by atoms with van der Waals surface area (Å²) in [4.78, 5) is 79.9. The lowest BCUT2D eigenvalue weighted by Gasteiger charge is -2.38. The first kappa shape index (κ1) is 54.4. The molecular formula is C34H45N15O20P4S2. The third-order valence-corrected chi connectivity index (χ3v) is 16.0. The molecule has 0 spiro atoms. The molecule has 0 aliphatic carbocycles. The van der Waals surface area contributed by atoms with Crippen molar-refractivity contribution in [3.8, 4) is 0 Å². The molecule has 6 aromatic heterocycles. The summed E-state index contributed by atoms with van der Waals surface area (Å²) >= 11 is 7.25. The van der Waals surface area contributed by atoms with Gasteiger partial charge in [0, 0.05) is 13.7 Å².